The average molecular weight is 381 g/mol. The maximum Gasteiger partial charge on any atom is 0.191 e. The number of hydrogen-bond acceptors (Lipinski definition) is 4. The Kier molecular flexibility index (Phi) is 7.52. The molecule has 1 heterocycles. The van der Waals surface area contributed by atoms with E-state index in [-0.39, 0.29) is 6.10 Å². The zero-order valence-corrected chi connectivity index (χ0v) is 16.7. The second-order valence-corrected chi connectivity index (χ2v) is 7.49. The molecule has 136 valence electrons. The third-order valence-corrected chi connectivity index (χ3v) is 5.02. The Morgan fingerprint density at radius 1 is 1.28 bits per heavy atom. The minimum atomic E-state index is 0.00369. The van der Waals surface area contributed by atoms with Gasteiger partial charge in [-0.25, -0.2) is 4.98 Å². The van der Waals surface area contributed by atoms with Crippen LogP contribution in [0.1, 0.15) is 22.5 Å². The number of rotatable bonds is 7. The molecular formula is C18H25ClN4OS. The van der Waals surface area contributed by atoms with Crippen molar-refractivity contribution in [2.45, 2.75) is 33.3 Å². The van der Waals surface area contributed by atoms with E-state index in [1.54, 1.807) is 18.4 Å². The van der Waals surface area contributed by atoms with Gasteiger partial charge in [0, 0.05) is 29.9 Å². The van der Waals surface area contributed by atoms with Gasteiger partial charge in [-0.1, -0.05) is 11.6 Å². The highest BCUT2D eigenvalue weighted by molar-refractivity contribution is 7.11. The van der Waals surface area contributed by atoms with Gasteiger partial charge in [0.05, 0.1) is 17.2 Å². The maximum absolute atomic E-state index is 5.88. The van der Waals surface area contributed by atoms with Crippen molar-refractivity contribution in [3.63, 3.8) is 0 Å². The summed E-state index contributed by atoms with van der Waals surface area (Å²) in [6.45, 7) is 7.60. The van der Waals surface area contributed by atoms with Crippen molar-refractivity contribution in [2.24, 2.45) is 4.99 Å². The summed E-state index contributed by atoms with van der Waals surface area (Å²) in [6.07, 6.45) is 0.889. The Labute approximate surface area is 158 Å². The number of nitrogens with zero attached hydrogens (tertiary/aromatic N) is 2. The number of benzene rings is 1. The number of thiazole rings is 1. The number of hydrogen-bond donors (Lipinski definition) is 2. The molecule has 25 heavy (non-hydrogen) atoms. The smallest absolute Gasteiger partial charge is 0.191 e. The summed E-state index contributed by atoms with van der Waals surface area (Å²) in [5.74, 6) is 1.56. The molecule has 0 spiro atoms. The van der Waals surface area contributed by atoms with E-state index in [1.807, 2.05) is 38.1 Å². The van der Waals surface area contributed by atoms with E-state index in [9.17, 15) is 0 Å². The second kappa shape index (κ2) is 9.63. The van der Waals surface area contributed by atoms with Crippen LogP contribution in [-0.4, -0.2) is 37.2 Å². The molecule has 0 aliphatic rings. The zero-order valence-electron chi connectivity index (χ0n) is 15.1. The first kappa shape index (κ1) is 19.5. The summed E-state index contributed by atoms with van der Waals surface area (Å²) in [4.78, 5) is 10.1. The molecule has 0 saturated carbocycles. The van der Waals surface area contributed by atoms with Gasteiger partial charge in [-0.2, -0.15) is 0 Å². The SMILES string of the molecule is CN=C(NCCc1nc(C)c(C)s1)NCC(C)Oc1ccc(Cl)cc1. The Bertz CT molecular complexity index is 680. The minimum Gasteiger partial charge on any atom is -0.489 e. The topological polar surface area (TPSA) is 58.5 Å². The summed E-state index contributed by atoms with van der Waals surface area (Å²) >= 11 is 7.63. The molecule has 5 nitrogen and oxygen atoms in total. The van der Waals surface area contributed by atoms with Crippen LogP contribution in [-0.2, 0) is 6.42 Å². The van der Waals surface area contributed by atoms with Gasteiger partial charge in [0.25, 0.3) is 0 Å². The van der Waals surface area contributed by atoms with Crippen LogP contribution in [0.15, 0.2) is 29.3 Å². The maximum atomic E-state index is 5.88. The van der Waals surface area contributed by atoms with Gasteiger partial charge in [0.15, 0.2) is 5.96 Å². The summed E-state index contributed by atoms with van der Waals surface area (Å²) in [5.41, 5.74) is 1.12. The fourth-order valence-corrected chi connectivity index (χ4v) is 3.24. The van der Waals surface area contributed by atoms with Crippen molar-refractivity contribution < 1.29 is 4.74 Å². The van der Waals surface area contributed by atoms with E-state index < -0.39 is 0 Å². The minimum absolute atomic E-state index is 0.00369. The fourth-order valence-electron chi connectivity index (χ4n) is 2.18. The molecule has 0 aliphatic carbocycles. The van der Waals surface area contributed by atoms with Crippen LogP contribution in [0.5, 0.6) is 5.75 Å². The monoisotopic (exact) mass is 380 g/mol. The van der Waals surface area contributed by atoms with Gasteiger partial charge in [0.1, 0.15) is 11.9 Å². The van der Waals surface area contributed by atoms with Crippen LogP contribution in [0.2, 0.25) is 5.02 Å². The molecule has 0 bridgehead atoms. The molecule has 0 amide bonds. The molecular weight excluding hydrogens is 356 g/mol. The van der Waals surface area contributed by atoms with Crippen LogP contribution in [0.4, 0.5) is 0 Å². The molecule has 2 N–H and O–H groups in total. The van der Waals surface area contributed by atoms with E-state index in [0.29, 0.717) is 11.6 Å². The molecule has 0 fully saturated rings. The van der Waals surface area contributed by atoms with E-state index in [4.69, 9.17) is 16.3 Å². The van der Waals surface area contributed by atoms with Crippen molar-refractivity contribution in [1.82, 2.24) is 15.6 Å². The molecule has 7 heteroatoms. The number of ether oxygens (including phenoxy) is 1. The molecule has 1 aromatic heterocycles. The largest absolute Gasteiger partial charge is 0.489 e. The van der Waals surface area contributed by atoms with Crippen LogP contribution < -0.4 is 15.4 Å². The fraction of sp³-hybridized carbons (Fsp3) is 0.444. The van der Waals surface area contributed by atoms with Crippen molar-refractivity contribution in [2.75, 3.05) is 20.1 Å². The van der Waals surface area contributed by atoms with Crippen LogP contribution >= 0.6 is 22.9 Å². The summed E-state index contributed by atoms with van der Waals surface area (Å²) in [6, 6.07) is 7.37. The number of guanidine groups is 1. The molecule has 1 atom stereocenters. The Hall–Kier alpha value is -1.79. The third kappa shape index (κ3) is 6.55. The molecule has 0 saturated heterocycles. The summed E-state index contributed by atoms with van der Waals surface area (Å²) < 4.78 is 5.84. The summed E-state index contributed by atoms with van der Waals surface area (Å²) in [5, 5.41) is 8.43. The number of nitrogens with one attached hydrogen (secondary N) is 2. The second-order valence-electron chi connectivity index (χ2n) is 5.76. The highest BCUT2D eigenvalue weighted by Gasteiger charge is 2.07. The van der Waals surface area contributed by atoms with E-state index in [1.165, 1.54) is 4.88 Å². The number of halogens is 1. The lowest BCUT2D eigenvalue weighted by molar-refractivity contribution is 0.224. The van der Waals surface area contributed by atoms with Gasteiger partial charge in [0.2, 0.25) is 0 Å². The lowest BCUT2D eigenvalue weighted by Crippen LogP contribution is -2.42. The zero-order chi connectivity index (χ0) is 18.2. The molecule has 1 aromatic carbocycles. The molecule has 0 radical (unpaired) electrons. The highest BCUT2D eigenvalue weighted by atomic mass is 35.5. The van der Waals surface area contributed by atoms with Gasteiger partial charge >= 0.3 is 0 Å². The lowest BCUT2D eigenvalue weighted by atomic mass is 10.3. The van der Waals surface area contributed by atoms with E-state index in [0.717, 1.165) is 35.4 Å². The van der Waals surface area contributed by atoms with Gasteiger partial charge in [-0.3, -0.25) is 4.99 Å². The van der Waals surface area contributed by atoms with Crippen molar-refractivity contribution in [1.29, 1.82) is 0 Å². The first-order valence-corrected chi connectivity index (χ1v) is 9.47. The number of aromatic nitrogens is 1. The van der Waals surface area contributed by atoms with Crippen LogP contribution in [0.25, 0.3) is 0 Å². The van der Waals surface area contributed by atoms with Crippen molar-refractivity contribution in [3.05, 3.63) is 44.9 Å². The van der Waals surface area contributed by atoms with Crippen LogP contribution in [0, 0.1) is 13.8 Å². The predicted molar refractivity (Wildman–Crippen MR) is 106 cm³/mol. The predicted octanol–water partition coefficient (Wildman–Crippen LogP) is 3.59. The molecule has 0 aliphatic heterocycles. The first-order chi connectivity index (χ1) is 12.0. The Balaban J connectivity index is 1.71. The quantitative estimate of drug-likeness (QED) is 0.569. The standard InChI is InChI=1S/C18H25ClN4OS/c1-12(24-16-7-5-15(19)6-8-16)11-22-18(20-4)21-10-9-17-23-13(2)14(3)25-17/h5-8,12H,9-11H2,1-4H3,(H2,20,21,22). The third-order valence-electron chi connectivity index (χ3n) is 3.64. The van der Waals surface area contributed by atoms with Gasteiger partial charge in [-0.15, -0.1) is 11.3 Å². The highest BCUT2D eigenvalue weighted by Crippen LogP contribution is 2.17. The van der Waals surface area contributed by atoms with Crippen LogP contribution in [0.3, 0.4) is 0 Å². The lowest BCUT2D eigenvalue weighted by Gasteiger charge is -2.17. The van der Waals surface area contributed by atoms with Crippen molar-refractivity contribution >= 4 is 28.9 Å². The van der Waals surface area contributed by atoms with E-state index >= 15 is 0 Å². The molecule has 1 unspecified atom stereocenters. The van der Waals surface area contributed by atoms with Gasteiger partial charge in [-0.05, 0) is 45.0 Å². The normalized spacial score (nSPS) is 12.8. The molecule has 2 aromatic rings. The van der Waals surface area contributed by atoms with Crippen molar-refractivity contribution in [3.8, 4) is 5.75 Å². The van der Waals surface area contributed by atoms with Gasteiger partial charge < -0.3 is 15.4 Å². The summed E-state index contributed by atoms with van der Waals surface area (Å²) in [7, 11) is 1.76. The van der Waals surface area contributed by atoms with E-state index in [2.05, 4.69) is 27.5 Å². The Morgan fingerprint density at radius 2 is 2.00 bits per heavy atom. The first-order valence-electron chi connectivity index (χ1n) is 8.27. The molecule has 2 rings (SSSR count). The average Bonchev–Trinajstić information content (AvgIpc) is 2.91. The number of aliphatic imine (C=N–C) groups is 1. The Morgan fingerprint density at radius 3 is 2.60 bits per heavy atom. The number of aryl methyl sites for hydroxylation is 2.